The topological polar surface area (TPSA) is 41.6 Å². The molecular weight excluding hydrogens is 236 g/mol. The first-order valence-corrected chi connectivity index (χ1v) is 6.41. The van der Waals surface area contributed by atoms with Crippen molar-refractivity contribution in [3.63, 3.8) is 0 Å². The van der Waals surface area contributed by atoms with Crippen LogP contribution in [0.1, 0.15) is 41.0 Å². The molecule has 1 N–H and O–H groups in total. The molecule has 96 valence electrons. The summed E-state index contributed by atoms with van der Waals surface area (Å²) in [5.41, 5.74) is -0.744. The van der Waals surface area contributed by atoms with Gasteiger partial charge in [0.1, 0.15) is 6.04 Å². The molecule has 17 heavy (non-hydrogen) atoms. The Hall–Kier alpha value is -0.840. The Balaban J connectivity index is 2.39. The third kappa shape index (κ3) is 1.90. The fraction of sp³-hybridized carbons (Fsp3) is 0.833. The first-order chi connectivity index (χ1) is 7.66. The van der Waals surface area contributed by atoms with Crippen LogP contribution in [0.3, 0.4) is 0 Å². The zero-order chi connectivity index (χ0) is 13.0. The Kier molecular flexibility index (Phi) is 2.65. The van der Waals surface area contributed by atoms with Crippen molar-refractivity contribution < 1.29 is 9.53 Å². The molecule has 0 spiro atoms. The highest BCUT2D eigenvalue weighted by Gasteiger charge is 2.57. The summed E-state index contributed by atoms with van der Waals surface area (Å²) in [5, 5.41) is 3.90. The van der Waals surface area contributed by atoms with E-state index in [0.717, 1.165) is 6.42 Å². The molecule has 0 saturated carbocycles. The summed E-state index contributed by atoms with van der Waals surface area (Å²) >= 11 is 5.40. The van der Waals surface area contributed by atoms with Gasteiger partial charge in [-0.05, 0) is 38.9 Å². The van der Waals surface area contributed by atoms with Crippen LogP contribution in [0.5, 0.6) is 0 Å². The number of hydrogen-bond donors (Lipinski definition) is 1. The molecule has 2 atom stereocenters. The Morgan fingerprint density at radius 3 is 2.59 bits per heavy atom. The van der Waals surface area contributed by atoms with E-state index in [1.807, 2.05) is 25.7 Å². The molecule has 2 rings (SSSR count). The van der Waals surface area contributed by atoms with Gasteiger partial charge in [-0.25, -0.2) is 4.79 Å². The summed E-state index contributed by atoms with van der Waals surface area (Å²) in [5.74, 6) is 0.0228. The maximum Gasteiger partial charge on any atom is 0.331 e. The van der Waals surface area contributed by atoms with Gasteiger partial charge < -0.3 is 10.1 Å². The lowest BCUT2D eigenvalue weighted by atomic mass is 9.89. The van der Waals surface area contributed by atoms with E-state index in [-0.39, 0.29) is 23.5 Å². The molecule has 0 radical (unpaired) electrons. The Bertz CT molecular complexity index is 381. The highest BCUT2D eigenvalue weighted by molar-refractivity contribution is 7.80. The predicted octanol–water partition coefficient (Wildman–Crippen LogP) is 1.64. The molecule has 0 aromatic rings. The van der Waals surface area contributed by atoms with E-state index in [9.17, 15) is 4.79 Å². The minimum absolute atomic E-state index is 0.144. The van der Waals surface area contributed by atoms with Crippen molar-refractivity contribution in [2.24, 2.45) is 5.92 Å². The van der Waals surface area contributed by atoms with Crippen molar-refractivity contribution in [2.75, 3.05) is 0 Å². The maximum atomic E-state index is 12.0. The second-order valence-electron chi connectivity index (χ2n) is 6.15. The number of hydrogen-bond acceptors (Lipinski definition) is 3. The van der Waals surface area contributed by atoms with Crippen molar-refractivity contribution in [2.45, 2.75) is 58.3 Å². The fourth-order valence-corrected chi connectivity index (χ4v) is 3.56. The van der Waals surface area contributed by atoms with Crippen LogP contribution in [-0.2, 0) is 9.53 Å². The van der Waals surface area contributed by atoms with Crippen LogP contribution in [0.15, 0.2) is 0 Å². The van der Waals surface area contributed by atoms with Gasteiger partial charge in [-0.3, -0.25) is 4.90 Å². The molecule has 0 aromatic carbocycles. The zero-order valence-corrected chi connectivity index (χ0v) is 11.9. The van der Waals surface area contributed by atoms with Crippen molar-refractivity contribution in [1.82, 2.24) is 10.2 Å². The van der Waals surface area contributed by atoms with Crippen LogP contribution in [0.4, 0.5) is 0 Å². The van der Waals surface area contributed by atoms with E-state index >= 15 is 0 Å². The molecule has 4 nitrogen and oxygen atoms in total. The molecule has 0 bridgehead atoms. The Morgan fingerprint density at radius 1 is 1.47 bits per heavy atom. The summed E-state index contributed by atoms with van der Waals surface area (Å²) in [7, 11) is 0. The van der Waals surface area contributed by atoms with Crippen molar-refractivity contribution in [1.29, 1.82) is 0 Å². The van der Waals surface area contributed by atoms with Crippen LogP contribution in [-0.4, -0.2) is 33.3 Å². The largest absolute Gasteiger partial charge is 0.437 e. The molecule has 5 heteroatoms. The molecule has 2 aliphatic rings. The van der Waals surface area contributed by atoms with Crippen molar-refractivity contribution >= 4 is 23.3 Å². The lowest BCUT2D eigenvalue weighted by Gasteiger charge is -2.48. The Labute approximate surface area is 108 Å². The SMILES string of the molecule is CC(C)[C@H]1C(=O)O[C@@]2(C)CC(C)(C)NC(=S)N12. The van der Waals surface area contributed by atoms with Gasteiger partial charge in [-0.1, -0.05) is 13.8 Å². The minimum Gasteiger partial charge on any atom is -0.437 e. The van der Waals surface area contributed by atoms with Gasteiger partial charge in [-0.2, -0.15) is 0 Å². The molecule has 2 heterocycles. The molecule has 2 aliphatic heterocycles. The second-order valence-corrected chi connectivity index (χ2v) is 6.53. The van der Waals surface area contributed by atoms with E-state index < -0.39 is 5.72 Å². The van der Waals surface area contributed by atoms with E-state index in [2.05, 4.69) is 19.2 Å². The summed E-state index contributed by atoms with van der Waals surface area (Å²) in [6.07, 6.45) is 0.731. The number of fused-ring (bicyclic) bond motifs is 1. The highest BCUT2D eigenvalue weighted by atomic mass is 32.1. The van der Waals surface area contributed by atoms with E-state index in [4.69, 9.17) is 17.0 Å². The van der Waals surface area contributed by atoms with Gasteiger partial charge in [0, 0.05) is 12.0 Å². The summed E-state index contributed by atoms with van der Waals surface area (Å²) < 4.78 is 5.59. The van der Waals surface area contributed by atoms with Crippen LogP contribution < -0.4 is 5.32 Å². The molecular formula is C12H20N2O2S. The minimum atomic E-state index is -0.599. The number of nitrogens with zero attached hydrogens (tertiary/aromatic N) is 1. The van der Waals surface area contributed by atoms with Gasteiger partial charge in [0.05, 0.1) is 0 Å². The predicted molar refractivity (Wildman–Crippen MR) is 69.4 cm³/mol. The number of carbonyl (C=O) groups excluding carboxylic acids is 1. The molecule has 0 aliphatic carbocycles. The van der Waals surface area contributed by atoms with Gasteiger partial charge in [0.25, 0.3) is 0 Å². The number of thiocarbonyl (C=S) groups is 1. The average molecular weight is 256 g/mol. The summed E-state index contributed by atoms with van der Waals surface area (Å²) in [6.45, 7) is 10.1. The third-order valence-corrected chi connectivity index (χ3v) is 3.71. The van der Waals surface area contributed by atoms with Gasteiger partial charge in [-0.15, -0.1) is 0 Å². The molecule has 2 saturated heterocycles. The number of carbonyl (C=O) groups is 1. The van der Waals surface area contributed by atoms with E-state index in [1.54, 1.807) is 0 Å². The monoisotopic (exact) mass is 256 g/mol. The van der Waals surface area contributed by atoms with E-state index in [0.29, 0.717) is 5.11 Å². The zero-order valence-electron chi connectivity index (χ0n) is 11.0. The molecule has 0 aromatic heterocycles. The first-order valence-electron chi connectivity index (χ1n) is 6.01. The van der Waals surface area contributed by atoms with Crippen LogP contribution >= 0.6 is 12.2 Å². The number of esters is 1. The van der Waals surface area contributed by atoms with Gasteiger partial charge in [0.15, 0.2) is 10.8 Å². The number of rotatable bonds is 1. The van der Waals surface area contributed by atoms with Gasteiger partial charge >= 0.3 is 5.97 Å². The van der Waals surface area contributed by atoms with Crippen molar-refractivity contribution in [3.05, 3.63) is 0 Å². The lowest BCUT2D eigenvalue weighted by molar-refractivity contribution is -0.153. The standard InChI is InChI=1S/C12H20N2O2S/c1-7(2)8-9(15)16-12(5)6-11(3,4)13-10(17)14(8)12/h7-8H,6H2,1-5H3,(H,13,17)/t8-,12-/m0/s1. The van der Waals surface area contributed by atoms with Crippen LogP contribution in [0.2, 0.25) is 0 Å². The molecule has 2 fully saturated rings. The molecule has 0 unspecified atom stereocenters. The fourth-order valence-electron chi connectivity index (χ4n) is 2.97. The van der Waals surface area contributed by atoms with Crippen molar-refractivity contribution in [3.8, 4) is 0 Å². The Morgan fingerprint density at radius 2 is 2.06 bits per heavy atom. The summed E-state index contributed by atoms with van der Waals surface area (Å²) in [4.78, 5) is 13.9. The number of nitrogens with one attached hydrogen (secondary N) is 1. The number of ether oxygens (including phenoxy) is 1. The first kappa shape index (κ1) is 12.6. The smallest absolute Gasteiger partial charge is 0.331 e. The maximum absolute atomic E-state index is 12.0. The highest BCUT2D eigenvalue weighted by Crippen LogP contribution is 2.40. The van der Waals surface area contributed by atoms with Gasteiger partial charge in [0.2, 0.25) is 0 Å². The van der Waals surface area contributed by atoms with Crippen LogP contribution in [0.25, 0.3) is 0 Å². The summed E-state index contributed by atoms with van der Waals surface area (Å²) in [6, 6.07) is -0.268. The quantitative estimate of drug-likeness (QED) is 0.570. The lowest BCUT2D eigenvalue weighted by Crippen LogP contribution is -2.66. The average Bonchev–Trinajstić information content (AvgIpc) is 2.32. The molecule has 0 amide bonds. The third-order valence-electron chi connectivity index (χ3n) is 3.42. The second kappa shape index (κ2) is 3.57. The van der Waals surface area contributed by atoms with Crippen LogP contribution in [0, 0.1) is 5.92 Å². The normalized spacial score (nSPS) is 35.6. The van der Waals surface area contributed by atoms with E-state index in [1.165, 1.54) is 0 Å².